The van der Waals surface area contributed by atoms with E-state index < -0.39 is 0 Å². The molecule has 0 fully saturated rings. The lowest BCUT2D eigenvalue weighted by molar-refractivity contribution is 1.24. The number of aromatic nitrogens is 3. The molecule has 4 N–H and O–H groups in total. The number of nitrogens with zero attached hydrogens (tertiary/aromatic N) is 3. The summed E-state index contributed by atoms with van der Waals surface area (Å²) in [6.07, 6.45) is 1.67. The van der Waals surface area contributed by atoms with Crippen LogP contribution in [0.2, 0.25) is 0 Å². The van der Waals surface area contributed by atoms with Crippen LogP contribution >= 0.6 is 0 Å². The van der Waals surface area contributed by atoms with Gasteiger partial charge in [-0.1, -0.05) is 18.2 Å². The highest BCUT2D eigenvalue weighted by Crippen LogP contribution is 2.24. The highest BCUT2D eigenvalue weighted by molar-refractivity contribution is 6.06. The number of anilines is 2. The maximum atomic E-state index is 5.78. The Morgan fingerprint density at radius 2 is 1.75 bits per heavy atom. The van der Waals surface area contributed by atoms with Crippen LogP contribution in [-0.4, -0.2) is 15.0 Å². The molecule has 0 bridgehead atoms. The van der Waals surface area contributed by atoms with Crippen molar-refractivity contribution in [1.29, 1.82) is 0 Å². The first-order valence-corrected chi connectivity index (χ1v) is 4.82. The topological polar surface area (TPSA) is 90.7 Å². The van der Waals surface area contributed by atoms with Crippen LogP contribution < -0.4 is 11.5 Å². The SMILES string of the molecule is Nc1nc(N)c2cnc3ccccc3c2n1. The third kappa shape index (κ3) is 1.15. The van der Waals surface area contributed by atoms with Crippen molar-refractivity contribution >= 4 is 33.6 Å². The summed E-state index contributed by atoms with van der Waals surface area (Å²) in [5.74, 6) is 0.544. The van der Waals surface area contributed by atoms with Crippen molar-refractivity contribution in [1.82, 2.24) is 15.0 Å². The van der Waals surface area contributed by atoms with Gasteiger partial charge in [-0.25, -0.2) is 4.98 Å². The van der Waals surface area contributed by atoms with Gasteiger partial charge in [-0.2, -0.15) is 4.98 Å². The summed E-state index contributed by atoms with van der Waals surface area (Å²) in [5.41, 5.74) is 13.0. The number of fused-ring (bicyclic) bond motifs is 3. The Morgan fingerprint density at radius 3 is 2.62 bits per heavy atom. The van der Waals surface area contributed by atoms with Gasteiger partial charge in [-0.05, 0) is 6.07 Å². The molecule has 3 rings (SSSR count). The van der Waals surface area contributed by atoms with Gasteiger partial charge in [0.2, 0.25) is 5.95 Å². The molecule has 0 aliphatic carbocycles. The molecule has 1 aromatic carbocycles. The van der Waals surface area contributed by atoms with Crippen LogP contribution in [0.4, 0.5) is 11.8 Å². The molecule has 0 saturated heterocycles. The van der Waals surface area contributed by atoms with Crippen molar-refractivity contribution in [2.75, 3.05) is 11.5 Å². The lowest BCUT2D eigenvalue weighted by atomic mass is 10.1. The predicted octanol–water partition coefficient (Wildman–Crippen LogP) is 1.34. The summed E-state index contributed by atoms with van der Waals surface area (Å²) in [7, 11) is 0. The fraction of sp³-hybridized carbons (Fsp3) is 0. The molecule has 0 spiro atoms. The van der Waals surface area contributed by atoms with Crippen LogP contribution in [0, 0.1) is 0 Å². The predicted molar refractivity (Wildman–Crippen MR) is 63.7 cm³/mol. The third-order valence-electron chi connectivity index (χ3n) is 2.48. The zero-order chi connectivity index (χ0) is 11.1. The molecule has 0 radical (unpaired) electrons. The molecular formula is C11H9N5. The zero-order valence-electron chi connectivity index (χ0n) is 8.38. The number of hydrogen-bond donors (Lipinski definition) is 2. The Kier molecular flexibility index (Phi) is 1.67. The molecule has 2 heterocycles. The molecule has 5 nitrogen and oxygen atoms in total. The van der Waals surface area contributed by atoms with Gasteiger partial charge in [0.1, 0.15) is 5.82 Å². The summed E-state index contributed by atoms with van der Waals surface area (Å²) < 4.78 is 0. The van der Waals surface area contributed by atoms with Crippen LogP contribution in [0.3, 0.4) is 0 Å². The molecule has 0 atom stereocenters. The van der Waals surface area contributed by atoms with Crippen molar-refractivity contribution in [2.24, 2.45) is 0 Å². The van der Waals surface area contributed by atoms with Gasteiger partial charge in [-0.15, -0.1) is 0 Å². The Hall–Kier alpha value is -2.43. The van der Waals surface area contributed by atoms with Crippen molar-refractivity contribution < 1.29 is 0 Å². The van der Waals surface area contributed by atoms with Crippen LogP contribution in [0.5, 0.6) is 0 Å². The first-order valence-electron chi connectivity index (χ1n) is 4.82. The highest BCUT2D eigenvalue weighted by Gasteiger charge is 2.07. The second kappa shape index (κ2) is 3.03. The number of nitrogen functional groups attached to an aromatic ring is 2. The van der Waals surface area contributed by atoms with Crippen molar-refractivity contribution in [2.45, 2.75) is 0 Å². The van der Waals surface area contributed by atoms with E-state index in [1.807, 2.05) is 24.3 Å². The molecule has 2 aromatic heterocycles. The van der Waals surface area contributed by atoms with Crippen molar-refractivity contribution in [3.05, 3.63) is 30.5 Å². The molecule has 0 amide bonds. The van der Waals surface area contributed by atoms with E-state index in [1.54, 1.807) is 6.20 Å². The van der Waals surface area contributed by atoms with Gasteiger partial charge in [-0.3, -0.25) is 4.98 Å². The molecule has 5 heteroatoms. The Morgan fingerprint density at radius 1 is 0.938 bits per heavy atom. The summed E-state index contributed by atoms with van der Waals surface area (Å²) in [6, 6.07) is 7.72. The number of hydrogen-bond acceptors (Lipinski definition) is 5. The number of pyridine rings is 1. The van der Waals surface area contributed by atoms with E-state index in [-0.39, 0.29) is 5.95 Å². The number of nitrogens with two attached hydrogens (primary N) is 2. The van der Waals surface area contributed by atoms with Gasteiger partial charge in [0.15, 0.2) is 0 Å². The summed E-state index contributed by atoms with van der Waals surface area (Å²) in [6.45, 7) is 0. The van der Waals surface area contributed by atoms with E-state index in [4.69, 9.17) is 11.5 Å². The van der Waals surface area contributed by atoms with E-state index in [2.05, 4.69) is 15.0 Å². The van der Waals surface area contributed by atoms with Gasteiger partial charge < -0.3 is 11.5 Å². The number of rotatable bonds is 0. The number of benzene rings is 1. The second-order valence-corrected chi connectivity index (χ2v) is 3.50. The van der Waals surface area contributed by atoms with Crippen molar-refractivity contribution in [3.63, 3.8) is 0 Å². The van der Waals surface area contributed by atoms with Crippen LogP contribution in [0.25, 0.3) is 21.8 Å². The minimum absolute atomic E-state index is 0.182. The van der Waals surface area contributed by atoms with E-state index in [0.29, 0.717) is 5.82 Å². The fourth-order valence-corrected chi connectivity index (χ4v) is 1.76. The maximum absolute atomic E-state index is 5.78. The summed E-state index contributed by atoms with van der Waals surface area (Å²) >= 11 is 0. The molecule has 0 aliphatic heterocycles. The van der Waals surface area contributed by atoms with Gasteiger partial charge >= 0.3 is 0 Å². The van der Waals surface area contributed by atoms with Crippen LogP contribution in [0.15, 0.2) is 30.5 Å². The molecule has 3 aromatic rings. The monoisotopic (exact) mass is 211 g/mol. The van der Waals surface area contributed by atoms with Crippen LogP contribution in [0.1, 0.15) is 0 Å². The number of para-hydroxylation sites is 1. The first kappa shape index (κ1) is 8.84. The largest absolute Gasteiger partial charge is 0.383 e. The molecule has 0 unspecified atom stereocenters. The van der Waals surface area contributed by atoms with E-state index in [0.717, 1.165) is 21.8 Å². The second-order valence-electron chi connectivity index (χ2n) is 3.50. The summed E-state index contributed by atoms with van der Waals surface area (Å²) in [4.78, 5) is 12.4. The van der Waals surface area contributed by atoms with E-state index in [1.165, 1.54) is 0 Å². The highest BCUT2D eigenvalue weighted by atomic mass is 15.0. The molecule has 0 aliphatic rings. The first-order chi connectivity index (χ1) is 7.75. The van der Waals surface area contributed by atoms with E-state index >= 15 is 0 Å². The van der Waals surface area contributed by atoms with Gasteiger partial charge in [0.05, 0.1) is 16.4 Å². The van der Waals surface area contributed by atoms with E-state index in [9.17, 15) is 0 Å². The van der Waals surface area contributed by atoms with Crippen LogP contribution in [-0.2, 0) is 0 Å². The molecule has 0 saturated carbocycles. The molecule has 16 heavy (non-hydrogen) atoms. The molecular weight excluding hydrogens is 202 g/mol. The Bertz CT molecular complexity index is 692. The quantitative estimate of drug-likeness (QED) is 0.547. The third-order valence-corrected chi connectivity index (χ3v) is 2.48. The van der Waals surface area contributed by atoms with Gasteiger partial charge in [0.25, 0.3) is 0 Å². The average molecular weight is 211 g/mol. The summed E-state index contributed by atoms with van der Waals surface area (Å²) in [5, 5.41) is 1.66. The smallest absolute Gasteiger partial charge is 0.222 e. The minimum Gasteiger partial charge on any atom is -0.383 e. The zero-order valence-corrected chi connectivity index (χ0v) is 8.38. The van der Waals surface area contributed by atoms with Gasteiger partial charge in [0, 0.05) is 11.6 Å². The normalized spacial score (nSPS) is 11.0. The average Bonchev–Trinajstić information content (AvgIpc) is 2.28. The molecule has 78 valence electrons. The maximum Gasteiger partial charge on any atom is 0.222 e. The Labute approximate surface area is 91.1 Å². The standard InChI is InChI=1S/C11H9N5/c12-10-7-5-14-8-4-2-1-3-6(8)9(7)15-11(13)16-10/h1-5H,(H4,12,13,15,16). The van der Waals surface area contributed by atoms with Crippen molar-refractivity contribution in [3.8, 4) is 0 Å². The minimum atomic E-state index is 0.182. The Balaban J connectivity index is 2.59. The fourth-order valence-electron chi connectivity index (χ4n) is 1.76. The lowest BCUT2D eigenvalue weighted by Crippen LogP contribution is -2.01. The lowest BCUT2D eigenvalue weighted by Gasteiger charge is -2.04.